The van der Waals surface area contributed by atoms with Crippen molar-refractivity contribution >= 4 is 33.0 Å². The Hall–Kier alpha value is -1.08. The number of phenols is 1. The first-order valence-electron chi connectivity index (χ1n) is 5.00. The van der Waals surface area contributed by atoms with Gasteiger partial charge < -0.3 is 5.11 Å². The van der Waals surface area contributed by atoms with Crippen molar-refractivity contribution in [2.24, 2.45) is 0 Å². The summed E-state index contributed by atoms with van der Waals surface area (Å²) in [5, 5.41) is 9.11. The molecule has 0 atom stereocenters. The summed E-state index contributed by atoms with van der Waals surface area (Å²) in [4.78, 5) is 0. The third kappa shape index (κ3) is 3.23. The van der Waals surface area contributed by atoms with Crippen molar-refractivity contribution < 1.29 is 13.5 Å². The average molecular weight is 304 g/mol. The second kappa shape index (κ2) is 5.27. The minimum Gasteiger partial charge on any atom is -0.508 e. The summed E-state index contributed by atoms with van der Waals surface area (Å²) < 4.78 is 26.8. The van der Waals surface area contributed by atoms with Gasteiger partial charge in [0.2, 0.25) is 10.0 Å². The van der Waals surface area contributed by atoms with Crippen LogP contribution in [0.25, 0.3) is 0 Å². The molecule has 1 aromatic heterocycles. The monoisotopic (exact) mass is 303 g/mol. The van der Waals surface area contributed by atoms with Crippen molar-refractivity contribution in [3.8, 4) is 5.75 Å². The maximum absolute atomic E-state index is 11.9. The van der Waals surface area contributed by atoms with Gasteiger partial charge in [0.15, 0.2) is 0 Å². The van der Waals surface area contributed by atoms with Crippen LogP contribution in [0.2, 0.25) is 4.34 Å². The second-order valence-electron chi connectivity index (χ2n) is 3.55. The highest BCUT2D eigenvalue weighted by Crippen LogP contribution is 2.25. The lowest BCUT2D eigenvalue weighted by Gasteiger charge is -2.04. The van der Waals surface area contributed by atoms with E-state index in [0.717, 1.165) is 16.9 Å². The van der Waals surface area contributed by atoms with Crippen molar-refractivity contribution in [1.82, 2.24) is 4.72 Å². The molecule has 0 radical (unpaired) electrons. The molecule has 96 valence electrons. The third-order valence-corrected chi connectivity index (χ3v) is 5.34. The van der Waals surface area contributed by atoms with E-state index in [-0.39, 0.29) is 16.5 Å². The molecule has 0 saturated heterocycles. The third-order valence-electron chi connectivity index (χ3n) is 2.22. The van der Waals surface area contributed by atoms with Gasteiger partial charge in [0.05, 0.1) is 4.34 Å². The van der Waals surface area contributed by atoms with Gasteiger partial charge in [-0.3, -0.25) is 0 Å². The van der Waals surface area contributed by atoms with E-state index < -0.39 is 10.0 Å². The molecule has 0 unspecified atom stereocenters. The number of rotatable bonds is 4. The van der Waals surface area contributed by atoms with E-state index in [1.807, 2.05) is 0 Å². The van der Waals surface area contributed by atoms with Crippen molar-refractivity contribution in [3.63, 3.8) is 0 Å². The number of halogens is 1. The molecule has 2 N–H and O–H groups in total. The summed E-state index contributed by atoms with van der Waals surface area (Å²) >= 11 is 6.71. The Kier molecular flexibility index (Phi) is 3.91. The van der Waals surface area contributed by atoms with Crippen LogP contribution in [0.1, 0.15) is 5.56 Å². The SMILES string of the molecule is O=S(=O)(NCc1ccc(O)cc1)c1ccc(Cl)s1. The first-order valence-corrected chi connectivity index (χ1v) is 7.68. The maximum Gasteiger partial charge on any atom is 0.250 e. The van der Waals surface area contributed by atoms with Crippen LogP contribution in [0.3, 0.4) is 0 Å². The van der Waals surface area contributed by atoms with Crippen LogP contribution in [-0.2, 0) is 16.6 Å². The molecule has 7 heteroatoms. The van der Waals surface area contributed by atoms with Gasteiger partial charge in [-0.2, -0.15) is 0 Å². The second-order valence-corrected chi connectivity index (χ2v) is 7.26. The fraction of sp³-hybridized carbons (Fsp3) is 0.0909. The van der Waals surface area contributed by atoms with Crippen LogP contribution >= 0.6 is 22.9 Å². The van der Waals surface area contributed by atoms with Crippen LogP contribution in [0, 0.1) is 0 Å². The first kappa shape index (κ1) is 13.4. The molecule has 1 aromatic carbocycles. The molecule has 0 aliphatic heterocycles. The smallest absolute Gasteiger partial charge is 0.250 e. The molecule has 0 bridgehead atoms. The van der Waals surface area contributed by atoms with E-state index in [0.29, 0.717) is 4.34 Å². The Morgan fingerprint density at radius 1 is 1.17 bits per heavy atom. The topological polar surface area (TPSA) is 66.4 Å². The van der Waals surface area contributed by atoms with E-state index in [9.17, 15) is 8.42 Å². The summed E-state index contributed by atoms with van der Waals surface area (Å²) in [6, 6.07) is 9.32. The van der Waals surface area contributed by atoms with Gasteiger partial charge >= 0.3 is 0 Å². The van der Waals surface area contributed by atoms with Crippen LogP contribution in [0.15, 0.2) is 40.6 Å². The Morgan fingerprint density at radius 2 is 1.83 bits per heavy atom. The van der Waals surface area contributed by atoms with Crippen molar-refractivity contribution in [2.45, 2.75) is 10.8 Å². The van der Waals surface area contributed by atoms with Crippen LogP contribution in [-0.4, -0.2) is 13.5 Å². The fourth-order valence-electron chi connectivity index (χ4n) is 1.31. The minimum atomic E-state index is -3.53. The van der Waals surface area contributed by atoms with Gasteiger partial charge in [0, 0.05) is 6.54 Å². The molecule has 2 rings (SSSR count). The number of sulfonamides is 1. The molecule has 4 nitrogen and oxygen atoms in total. The van der Waals surface area contributed by atoms with Crippen LogP contribution in [0.5, 0.6) is 5.75 Å². The number of nitrogens with one attached hydrogen (secondary N) is 1. The first-order chi connectivity index (χ1) is 8.47. The molecule has 0 spiro atoms. The van der Waals surface area contributed by atoms with Crippen molar-refractivity contribution in [1.29, 1.82) is 0 Å². The summed E-state index contributed by atoms with van der Waals surface area (Å²) in [7, 11) is -3.53. The molecular formula is C11H10ClNO3S2. The standard InChI is InChI=1S/C11H10ClNO3S2/c12-10-5-6-11(17-10)18(15,16)13-7-8-1-3-9(14)4-2-8/h1-6,13-14H,7H2. The van der Waals surface area contributed by atoms with Crippen LogP contribution in [0.4, 0.5) is 0 Å². The molecular weight excluding hydrogens is 294 g/mol. The maximum atomic E-state index is 11.9. The highest BCUT2D eigenvalue weighted by Gasteiger charge is 2.15. The van der Waals surface area contributed by atoms with Gasteiger partial charge in [0.1, 0.15) is 9.96 Å². The van der Waals surface area contributed by atoms with Gasteiger partial charge in [-0.05, 0) is 29.8 Å². The highest BCUT2D eigenvalue weighted by atomic mass is 35.5. The fourth-order valence-corrected chi connectivity index (χ4v) is 3.85. The van der Waals surface area contributed by atoms with Gasteiger partial charge in [-0.25, -0.2) is 13.1 Å². The number of phenolic OH excluding ortho intramolecular Hbond substituents is 1. The lowest BCUT2D eigenvalue weighted by molar-refractivity contribution is 0.475. The normalized spacial score (nSPS) is 11.6. The number of benzene rings is 1. The van der Waals surface area contributed by atoms with Crippen LogP contribution < -0.4 is 4.72 Å². The van der Waals surface area contributed by atoms with E-state index in [1.165, 1.54) is 18.2 Å². The Bertz CT molecular complexity index is 635. The summed E-state index contributed by atoms with van der Waals surface area (Å²) in [6.07, 6.45) is 0. The molecule has 0 fully saturated rings. The lowest BCUT2D eigenvalue weighted by atomic mass is 10.2. The molecule has 1 heterocycles. The molecule has 2 aromatic rings. The van der Waals surface area contributed by atoms with E-state index in [4.69, 9.17) is 16.7 Å². The van der Waals surface area contributed by atoms with E-state index in [1.54, 1.807) is 18.2 Å². The zero-order valence-corrected chi connectivity index (χ0v) is 11.5. The molecule has 0 aliphatic rings. The zero-order chi connectivity index (χ0) is 13.2. The van der Waals surface area contributed by atoms with E-state index >= 15 is 0 Å². The van der Waals surface area contributed by atoms with Crippen molar-refractivity contribution in [3.05, 3.63) is 46.3 Å². The van der Waals surface area contributed by atoms with Gasteiger partial charge in [-0.15, -0.1) is 11.3 Å². The Labute approximate surface area is 114 Å². The summed E-state index contributed by atoms with van der Waals surface area (Å²) in [6.45, 7) is 0.165. The molecule has 0 amide bonds. The predicted octanol–water partition coefficient (Wildman–Crippen LogP) is 2.59. The van der Waals surface area contributed by atoms with Gasteiger partial charge in [0.25, 0.3) is 0 Å². The number of hydrogen-bond donors (Lipinski definition) is 2. The molecule has 0 aliphatic carbocycles. The van der Waals surface area contributed by atoms with E-state index in [2.05, 4.69) is 4.72 Å². The van der Waals surface area contributed by atoms with Crippen molar-refractivity contribution in [2.75, 3.05) is 0 Å². The largest absolute Gasteiger partial charge is 0.508 e. The minimum absolute atomic E-state index is 0.145. The predicted molar refractivity (Wildman–Crippen MR) is 71.5 cm³/mol. The lowest BCUT2D eigenvalue weighted by Crippen LogP contribution is -2.22. The molecule has 0 saturated carbocycles. The number of aromatic hydroxyl groups is 1. The molecule has 18 heavy (non-hydrogen) atoms. The Balaban J connectivity index is 2.08. The number of thiophene rings is 1. The quantitative estimate of drug-likeness (QED) is 0.912. The number of hydrogen-bond acceptors (Lipinski definition) is 4. The zero-order valence-electron chi connectivity index (χ0n) is 9.13. The average Bonchev–Trinajstić information content (AvgIpc) is 2.76. The summed E-state index contributed by atoms with van der Waals surface area (Å²) in [5.74, 6) is 0.145. The Morgan fingerprint density at radius 3 is 2.39 bits per heavy atom. The van der Waals surface area contributed by atoms with Gasteiger partial charge in [-0.1, -0.05) is 23.7 Å². The summed E-state index contributed by atoms with van der Waals surface area (Å²) in [5.41, 5.74) is 0.763. The highest BCUT2D eigenvalue weighted by molar-refractivity contribution is 7.91.